The van der Waals surface area contributed by atoms with E-state index in [4.69, 9.17) is 0 Å². The van der Waals surface area contributed by atoms with Gasteiger partial charge in [-0.15, -0.1) is 0 Å². The highest BCUT2D eigenvalue weighted by atomic mass is 31.1. The predicted molar refractivity (Wildman–Crippen MR) is 36.2 cm³/mol. The van der Waals surface area contributed by atoms with Gasteiger partial charge < -0.3 is 0 Å². The van der Waals surface area contributed by atoms with E-state index in [0.717, 1.165) is 0 Å². The van der Waals surface area contributed by atoms with Crippen molar-refractivity contribution in [3.8, 4) is 0 Å². The van der Waals surface area contributed by atoms with E-state index >= 15 is 0 Å². The molecule has 0 aliphatic carbocycles. The average molecular weight is 144 g/mol. The number of benzene rings is 1. The normalized spacial score (nSPS) is 13.0. The van der Waals surface area contributed by atoms with Gasteiger partial charge in [-0.25, -0.2) is 0 Å². The van der Waals surface area contributed by atoms with Crippen LogP contribution in [-0.2, 0) is 4.57 Å². The second-order valence-corrected chi connectivity index (χ2v) is 2.76. The summed E-state index contributed by atoms with van der Waals surface area (Å²) in [7, 11) is -2.96. The first kappa shape index (κ1) is 6.50. The Morgan fingerprint density at radius 1 is 1.22 bits per heavy atom. The fraction of sp³-hybridized carbons (Fsp3) is 0. The summed E-state index contributed by atoms with van der Waals surface area (Å²) in [6.07, 6.45) is 0. The fourth-order valence-electron chi connectivity index (χ4n) is 0.569. The highest BCUT2D eigenvalue weighted by Crippen LogP contribution is 2.19. The van der Waals surface area contributed by atoms with Crippen LogP contribution < -0.4 is 5.30 Å². The van der Waals surface area contributed by atoms with Crippen molar-refractivity contribution in [2.45, 2.75) is 0 Å². The molecule has 1 rings (SSSR count). The Balaban J connectivity index is 2.98. The molecule has 1 aromatic carbocycles. The van der Waals surface area contributed by atoms with Crippen LogP contribution in [0.1, 0.15) is 0 Å². The van der Waals surface area contributed by atoms with Crippen molar-refractivity contribution in [3.05, 3.63) is 30.3 Å². The van der Waals surface area contributed by atoms with Crippen molar-refractivity contribution in [3.63, 3.8) is 0 Å². The van der Waals surface area contributed by atoms with E-state index in [9.17, 15) is 8.76 Å². The first-order valence-electron chi connectivity index (χ1n) is 2.55. The van der Waals surface area contributed by atoms with Crippen LogP contribution in [0.3, 0.4) is 0 Å². The Bertz CT molecular complexity index is 210. The van der Waals surface area contributed by atoms with Crippen LogP contribution in [0.2, 0.25) is 0 Å². The van der Waals surface area contributed by atoms with Crippen LogP contribution in [0, 0.1) is 0 Å². The summed E-state index contributed by atoms with van der Waals surface area (Å²) < 4.78 is 22.1. The molecule has 0 aliphatic rings. The Labute approximate surface area is 53.4 Å². The van der Waals surface area contributed by atoms with Gasteiger partial charge >= 0.3 is 0 Å². The van der Waals surface area contributed by atoms with Crippen LogP contribution in [0.4, 0.5) is 4.20 Å². The van der Waals surface area contributed by atoms with Crippen LogP contribution in [0.5, 0.6) is 0 Å². The molecule has 0 spiro atoms. The lowest BCUT2D eigenvalue weighted by Crippen LogP contribution is -1.89. The fourth-order valence-corrected chi connectivity index (χ4v) is 1.02. The van der Waals surface area contributed by atoms with Gasteiger partial charge in [0.05, 0.1) is 0 Å². The van der Waals surface area contributed by atoms with Gasteiger partial charge in [0.1, 0.15) is 0 Å². The maximum atomic E-state index is 12.0. The Kier molecular flexibility index (Phi) is 2.01. The van der Waals surface area contributed by atoms with E-state index in [1.165, 1.54) is 12.1 Å². The summed E-state index contributed by atoms with van der Waals surface area (Å²) in [6.45, 7) is 0. The molecule has 0 radical (unpaired) electrons. The highest BCUT2D eigenvalue weighted by Gasteiger charge is 1.95. The van der Waals surface area contributed by atoms with Crippen molar-refractivity contribution in [2.24, 2.45) is 0 Å². The first-order valence-corrected chi connectivity index (χ1v) is 3.84. The molecule has 1 aromatic rings. The molecule has 0 aromatic heterocycles. The zero-order chi connectivity index (χ0) is 6.69. The van der Waals surface area contributed by atoms with Gasteiger partial charge in [-0.2, -0.15) is 4.20 Å². The maximum Gasteiger partial charge on any atom is 0.261 e. The van der Waals surface area contributed by atoms with Crippen molar-refractivity contribution in [1.82, 2.24) is 0 Å². The molecule has 1 unspecified atom stereocenters. The lowest BCUT2D eigenvalue weighted by molar-refractivity contribution is 0.567. The van der Waals surface area contributed by atoms with Crippen LogP contribution in [-0.4, -0.2) is 0 Å². The predicted octanol–water partition coefficient (Wildman–Crippen LogP) is 1.76. The molecule has 3 heteroatoms. The molecular weight excluding hydrogens is 138 g/mol. The standard InChI is InChI=1S/C6H6FOP/c7-9(8)6-4-2-1-3-5-6/h1-5,9H. The summed E-state index contributed by atoms with van der Waals surface area (Å²) in [4.78, 5) is 0. The third kappa shape index (κ3) is 1.65. The lowest BCUT2D eigenvalue weighted by Gasteiger charge is -1.87. The highest BCUT2D eigenvalue weighted by molar-refractivity contribution is 7.47. The molecule has 9 heavy (non-hydrogen) atoms. The van der Waals surface area contributed by atoms with Crippen molar-refractivity contribution < 1.29 is 8.76 Å². The smallest absolute Gasteiger partial charge is 0.261 e. The quantitative estimate of drug-likeness (QED) is 0.549. The Morgan fingerprint density at radius 3 is 2.11 bits per heavy atom. The van der Waals surface area contributed by atoms with Crippen LogP contribution >= 0.6 is 8.11 Å². The Morgan fingerprint density at radius 2 is 1.78 bits per heavy atom. The van der Waals surface area contributed by atoms with Gasteiger partial charge in [-0.3, -0.25) is 4.57 Å². The summed E-state index contributed by atoms with van der Waals surface area (Å²) in [5.74, 6) is 0. The van der Waals surface area contributed by atoms with E-state index in [1.54, 1.807) is 18.2 Å². The van der Waals surface area contributed by atoms with Gasteiger partial charge in [0.2, 0.25) is 0 Å². The summed E-state index contributed by atoms with van der Waals surface area (Å²) in [6, 6.07) is 8.12. The number of rotatable bonds is 1. The van der Waals surface area contributed by atoms with Crippen LogP contribution in [0.15, 0.2) is 30.3 Å². The second kappa shape index (κ2) is 2.79. The third-order valence-corrected chi connectivity index (χ3v) is 1.79. The molecule has 0 aliphatic heterocycles. The number of hydrogen-bond donors (Lipinski definition) is 0. The largest absolute Gasteiger partial charge is 0.286 e. The summed E-state index contributed by atoms with van der Waals surface area (Å²) in [5, 5.41) is 0.294. The average Bonchev–Trinajstić information content (AvgIpc) is 1.90. The van der Waals surface area contributed by atoms with E-state index in [0.29, 0.717) is 5.30 Å². The molecule has 0 saturated carbocycles. The molecule has 0 amide bonds. The van der Waals surface area contributed by atoms with Crippen molar-refractivity contribution in [2.75, 3.05) is 0 Å². The zero-order valence-corrected chi connectivity index (χ0v) is 5.67. The molecule has 0 N–H and O–H groups in total. The minimum absolute atomic E-state index is 0.294. The summed E-state index contributed by atoms with van der Waals surface area (Å²) in [5.41, 5.74) is 0. The Hall–Kier alpha value is -0.620. The van der Waals surface area contributed by atoms with E-state index in [-0.39, 0.29) is 0 Å². The van der Waals surface area contributed by atoms with Crippen molar-refractivity contribution in [1.29, 1.82) is 0 Å². The number of hydrogen-bond acceptors (Lipinski definition) is 1. The summed E-state index contributed by atoms with van der Waals surface area (Å²) >= 11 is 0. The molecule has 0 fully saturated rings. The lowest BCUT2D eigenvalue weighted by atomic mass is 10.4. The third-order valence-electron chi connectivity index (χ3n) is 1.00. The van der Waals surface area contributed by atoms with Gasteiger partial charge in [0.25, 0.3) is 8.11 Å². The number of halogens is 1. The van der Waals surface area contributed by atoms with Gasteiger partial charge in [0.15, 0.2) is 0 Å². The van der Waals surface area contributed by atoms with E-state index in [1.807, 2.05) is 0 Å². The van der Waals surface area contributed by atoms with Gasteiger partial charge in [-0.05, 0) is 12.1 Å². The SMILES string of the molecule is O=[PH](F)c1ccccc1. The van der Waals surface area contributed by atoms with E-state index < -0.39 is 8.11 Å². The van der Waals surface area contributed by atoms with Gasteiger partial charge in [0, 0.05) is 5.30 Å². The molecule has 0 heterocycles. The molecule has 0 bridgehead atoms. The minimum Gasteiger partial charge on any atom is -0.286 e. The minimum atomic E-state index is -2.96. The molecular formula is C6H6FOP. The molecule has 0 saturated heterocycles. The molecule has 48 valence electrons. The zero-order valence-electron chi connectivity index (χ0n) is 4.67. The first-order chi connectivity index (χ1) is 4.30. The monoisotopic (exact) mass is 144 g/mol. The molecule has 1 atom stereocenters. The molecule has 1 nitrogen and oxygen atoms in total. The van der Waals surface area contributed by atoms with Gasteiger partial charge in [-0.1, -0.05) is 18.2 Å². The van der Waals surface area contributed by atoms with Crippen LogP contribution in [0.25, 0.3) is 0 Å². The van der Waals surface area contributed by atoms with Crippen molar-refractivity contribution >= 4 is 13.4 Å². The topological polar surface area (TPSA) is 17.1 Å². The second-order valence-electron chi connectivity index (χ2n) is 1.64. The van der Waals surface area contributed by atoms with E-state index in [2.05, 4.69) is 0 Å². The maximum absolute atomic E-state index is 12.0.